The van der Waals surface area contributed by atoms with Gasteiger partial charge in [0.2, 0.25) is 0 Å². The van der Waals surface area contributed by atoms with Crippen LogP contribution in [0.5, 0.6) is 5.75 Å². The van der Waals surface area contributed by atoms with Gasteiger partial charge in [-0.05, 0) is 72.1 Å². The lowest BCUT2D eigenvalue weighted by molar-refractivity contribution is -0.274. The van der Waals surface area contributed by atoms with Gasteiger partial charge in [-0.1, -0.05) is 30.2 Å². The lowest BCUT2D eigenvalue weighted by Gasteiger charge is -2.44. The molecule has 0 saturated carbocycles. The molecular formula is C30H25F9N6O2. The molecule has 0 N–H and O–H groups in total. The van der Waals surface area contributed by atoms with Gasteiger partial charge in [-0.2, -0.15) is 31.1 Å². The number of tetrazole rings is 1. The van der Waals surface area contributed by atoms with Gasteiger partial charge in [0.05, 0.1) is 24.2 Å². The van der Waals surface area contributed by atoms with E-state index in [1.54, 1.807) is 37.3 Å². The SMILES string of the molecule is CC[C@@H]1C[C@H](N(Cc2cc(C(F)(F)F)cc(C(F)(F)F)c2)c2nnn(C)n2)c2cc(OC(F)(F)F)ccc2N1C(=O)c1ccccc1. The molecule has 0 radical (unpaired) electrons. The molecule has 47 heavy (non-hydrogen) atoms. The van der Waals surface area contributed by atoms with E-state index in [4.69, 9.17) is 0 Å². The number of aromatic nitrogens is 4. The van der Waals surface area contributed by atoms with Crippen molar-refractivity contribution >= 4 is 17.5 Å². The van der Waals surface area contributed by atoms with E-state index < -0.39 is 65.7 Å². The molecule has 250 valence electrons. The quantitative estimate of drug-likeness (QED) is 0.187. The standard InChI is InChI=1S/C30H25F9N6O2/c1-3-21-14-25(23-15-22(47-30(37,38)39)9-10-24(23)45(21)26(46)18-7-5-4-6-8-18)44(27-40-42-43(2)41-27)16-17-11-19(28(31,32)33)13-20(12-17)29(34,35)36/h4-13,15,21,25H,3,14,16H2,1-2H3/t21-,25+/m1/s1. The number of hydrogen-bond donors (Lipinski definition) is 0. The Balaban J connectivity index is 1.69. The molecular weight excluding hydrogens is 647 g/mol. The maximum absolute atomic E-state index is 13.8. The Kier molecular flexibility index (Phi) is 8.85. The maximum Gasteiger partial charge on any atom is 0.573 e. The van der Waals surface area contributed by atoms with E-state index in [1.165, 1.54) is 22.9 Å². The normalized spacial score (nSPS) is 17.0. The molecule has 0 unspecified atom stereocenters. The summed E-state index contributed by atoms with van der Waals surface area (Å²) in [6.07, 6.45) is -15.1. The molecule has 1 aliphatic heterocycles. The molecule has 17 heteroatoms. The fourth-order valence-electron chi connectivity index (χ4n) is 5.56. The molecule has 2 atom stereocenters. The minimum absolute atomic E-state index is 0.00867. The third-order valence-corrected chi connectivity index (χ3v) is 7.55. The minimum Gasteiger partial charge on any atom is -0.406 e. The van der Waals surface area contributed by atoms with Gasteiger partial charge in [0, 0.05) is 29.4 Å². The number of carbonyl (C=O) groups is 1. The smallest absolute Gasteiger partial charge is 0.406 e. The summed E-state index contributed by atoms with van der Waals surface area (Å²) >= 11 is 0. The summed E-state index contributed by atoms with van der Waals surface area (Å²) in [5, 5.41) is 11.8. The van der Waals surface area contributed by atoms with Crippen LogP contribution in [0.15, 0.2) is 66.7 Å². The lowest BCUT2D eigenvalue weighted by atomic mass is 9.87. The number of nitrogens with zero attached hydrogens (tertiary/aromatic N) is 6. The Labute approximate surface area is 261 Å². The van der Waals surface area contributed by atoms with Crippen molar-refractivity contribution in [2.24, 2.45) is 7.05 Å². The van der Waals surface area contributed by atoms with E-state index >= 15 is 0 Å². The van der Waals surface area contributed by atoms with Crippen LogP contribution in [-0.2, 0) is 25.9 Å². The minimum atomic E-state index is -5.13. The molecule has 2 heterocycles. The summed E-state index contributed by atoms with van der Waals surface area (Å²) in [5.74, 6) is -1.36. The number of benzene rings is 3. The number of hydrogen-bond acceptors (Lipinski definition) is 6. The molecule has 8 nitrogen and oxygen atoms in total. The van der Waals surface area contributed by atoms with E-state index in [0.717, 1.165) is 16.9 Å². The Bertz CT molecular complexity index is 1710. The predicted octanol–water partition coefficient (Wildman–Crippen LogP) is 7.72. The first-order valence-electron chi connectivity index (χ1n) is 14.0. The van der Waals surface area contributed by atoms with Crippen LogP contribution in [0.4, 0.5) is 51.1 Å². The Morgan fingerprint density at radius 3 is 2.09 bits per heavy atom. The molecule has 4 aromatic rings. The highest BCUT2D eigenvalue weighted by atomic mass is 19.4. The summed E-state index contributed by atoms with van der Waals surface area (Å²) in [7, 11) is 1.37. The first kappa shape index (κ1) is 33.5. The van der Waals surface area contributed by atoms with Gasteiger partial charge in [0.15, 0.2) is 0 Å². The van der Waals surface area contributed by atoms with Crippen LogP contribution in [0.1, 0.15) is 58.4 Å². The van der Waals surface area contributed by atoms with Crippen LogP contribution < -0.4 is 14.5 Å². The maximum atomic E-state index is 13.8. The second-order valence-electron chi connectivity index (χ2n) is 10.7. The Morgan fingerprint density at radius 2 is 1.55 bits per heavy atom. The topological polar surface area (TPSA) is 76.4 Å². The third kappa shape index (κ3) is 7.44. The van der Waals surface area contributed by atoms with E-state index in [-0.39, 0.29) is 35.2 Å². The van der Waals surface area contributed by atoms with Crippen LogP contribution in [0.25, 0.3) is 0 Å². The zero-order valence-electron chi connectivity index (χ0n) is 24.5. The van der Waals surface area contributed by atoms with Gasteiger partial charge < -0.3 is 14.5 Å². The van der Waals surface area contributed by atoms with Gasteiger partial charge in [-0.25, -0.2) is 0 Å². The third-order valence-electron chi connectivity index (χ3n) is 7.55. The number of halogens is 9. The fourth-order valence-corrected chi connectivity index (χ4v) is 5.56. The molecule has 1 aliphatic rings. The summed E-state index contributed by atoms with van der Waals surface area (Å²) in [4.78, 5) is 17.5. The van der Waals surface area contributed by atoms with Crippen molar-refractivity contribution in [3.63, 3.8) is 0 Å². The molecule has 0 fully saturated rings. The Hall–Kier alpha value is -4.83. The average Bonchev–Trinajstić information content (AvgIpc) is 3.43. The largest absolute Gasteiger partial charge is 0.573 e. The summed E-state index contributed by atoms with van der Waals surface area (Å²) in [6, 6.07) is 10.8. The number of anilines is 2. The molecule has 1 amide bonds. The summed E-state index contributed by atoms with van der Waals surface area (Å²) in [5.41, 5.74) is -3.03. The Morgan fingerprint density at radius 1 is 0.915 bits per heavy atom. The van der Waals surface area contributed by atoms with Crippen molar-refractivity contribution in [3.8, 4) is 5.75 Å². The van der Waals surface area contributed by atoms with Crippen molar-refractivity contribution in [3.05, 3.63) is 94.5 Å². The first-order chi connectivity index (χ1) is 21.9. The van der Waals surface area contributed by atoms with E-state index in [0.29, 0.717) is 18.6 Å². The molecule has 0 saturated heterocycles. The molecule has 1 aromatic heterocycles. The number of aryl methyl sites for hydroxylation is 1. The van der Waals surface area contributed by atoms with Crippen LogP contribution in [-0.4, -0.2) is 38.5 Å². The fraction of sp³-hybridized carbons (Fsp3) is 0.333. The average molecular weight is 673 g/mol. The lowest BCUT2D eigenvalue weighted by Crippen LogP contribution is -2.47. The van der Waals surface area contributed by atoms with Gasteiger partial charge in [-0.3, -0.25) is 4.79 Å². The highest BCUT2D eigenvalue weighted by molar-refractivity contribution is 6.07. The highest BCUT2D eigenvalue weighted by Crippen LogP contribution is 2.46. The zero-order chi connectivity index (χ0) is 34.3. The monoisotopic (exact) mass is 672 g/mol. The number of ether oxygens (including phenoxy) is 1. The highest BCUT2D eigenvalue weighted by Gasteiger charge is 2.42. The molecule has 0 aliphatic carbocycles. The summed E-state index contributed by atoms with van der Waals surface area (Å²) < 4.78 is 126. The van der Waals surface area contributed by atoms with E-state index in [1.807, 2.05) is 0 Å². The van der Waals surface area contributed by atoms with E-state index in [9.17, 15) is 44.3 Å². The molecule has 0 bridgehead atoms. The number of alkyl halides is 9. The van der Waals surface area contributed by atoms with Crippen LogP contribution in [0, 0.1) is 0 Å². The van der Waals surface area contributed by atoms with Gasteiger partial charge in [0.1, 0.15) is 5.75 Å². The molecule has 5 rings (SSSR count). The van der Waals surface area contributed by atoms with Crippen molar-refractivity contribution in [2.75, 3.05) is 9.80 Å². The predicted molar refractivity (Wildman–Crippen MR) is 149 cm³/mol. The van der Waals surface area contributed by atoms with Gasteiger partial charge >= 0.3 is 18.7 Å². The van der Waals surface area contributed by atoms with Crippen LogP contribution >= 0.6 is 0 Å². The summed E-state index contributed by atoms with van der Waals surface area (Å²) in [6.45, 7) is 1.11. The second kappa shape index (κ2) is 12.4. The molecule has 3 aromatic carbocycles. The van der Waals surface area contributed by atoms with Crippen molar-refractivity contribution in [1.29, 1.82) is 0 Å². The van der Waals surface area contributed by atoms with Crippen molar-refractivity contribution < 1.29 is 49.0 Å². The van der Waals surface area contributed by atoms with Gasteiger partial charge in [-0.15, -0.1) is 18.3 Å². The van der Waals surface area contributed by atoms with E-state index in [2.05, 4.69) is 20.1 Å². The van der Waals surface area contributed by atoms with Crippen LogP contribution in [0.3, 0.4) is 0 Å². The second-order valence-corrected chi connectivity index (χ2v) is 10.7. The van der Waals surface area contributed by atoms with Crippen LogP contribution in [0.2, 0.25) is 0 Å². The number of rotatable bonds is 7. The number of fused-ring (bicyclic) bond motifs is 1. The van der Waals surface area contributed by atoms with Crippen molar-refractivity contribution in [1.82, 2.24) is 20.2 Å². The zero-order valence-corrected chi connectivity index (χ0v) is 24.5. The van der Waals surface area contributed by atoms with Crippen molar-refractivity contribution in [2.45, 2.75) is 57.1 Å². The number of amides is 1. The number of carbonyl (C=O) groups excluding carboxylic acids is 1. The first-order valence-corrected chi connectivity index (χ1v) is 14.0. The van der Waals surface area contributed by atoms with Gasteiger partial charge in [0.25, 0.3) is 11.9 Å². The molecule has 0 spiro atoms.